The quantitative estimate of drug-likeness (QED) is 0.0440. The summed E-state index contributed by atoms with van der Waals surface area (Å²) in [7, 11) is 2.88. The Labute approximate surface area is 301 Å². The van der Waals surface area contributed by atoms with E-state index in [9.17, 15) is 19.6 Å². The lowest BCUT2D eigenvalue weighted by Crippen LogP contribution is -2.28. The maximum Gasteiger partial charge on any atom is 0.447 e. The first-order valence-electron chi connectivity index (χ1n) is 15.0. The number of nitrogens with zero attached hydrogens (tertiary/aromatic N) is 5. The van der Waals surface area contributed by atoms with Crippen LogP contribution in [0.5, 0.6) is 11.5 Å². The number of ether oxygens (including phenoxy) is 2. The van der Waals surface area contributed by atoms with Gasteiger partial charge in [-0.3, -0.25) is 14.5 Å². The van der Waals surface area contributed by atoms with E-state index in [4.69, 9.17) is 9.47 Å². The monoisotopic (exact) mass is 729 g/mol. The molecule has 0 aliphatic heterocycles. The van der Waals surface area contributed by atoms with Crippen molar-refractivity contribution in [1.82, 2.24) is 8.61 Å². The molecule has 3 rings (SSSR count). The highest BCUT2D eigenvalue weighted by Gasteiger charge is 2.61. The summed E-state index contributed by atoms with van der Waals surface area (Å²) >= 11 is 3.51. The Kier molecular flexibility index (Phi) is 16.6. The molecule has 1 aliphatic carbocycles. The van der Waals surface area contributed by atoms with Gasteiger partial charge in [0.15, 0.2) is 0 Å². The number of para-hydroxylation sites is 1. The van der Waals surface area contributed by atoms with Gasteiger partial charge in [-0.05, 0) is 75.8 Å². The number of carbonyl (C=O) groups excluding carboxylic acids is 3. The number of hydrogen-bond donors (Lipinski definition) is 0. The third-order valence-electron chi connectivity index (χ3n) is 7.02. The summed E-state index contributed by atoms with van der Waals surface area (Å²) < 4.78 is 13.6. The zero-order chi connectivity index (χ0) is 36.7. The zero-order valence-corrected chi connectivity index (χ0v) is 31.8. The summed E-state index contributed by atoms with van der Waals surface area (Å²) in [4.78, 5) is 45.2. The van der Waals surface area contributed by atoms with Gasteiger partial charge >= 0.3 is 18.2 Å². The van der Waals surface area contributed by atoms with Crippen molar-refractivity contribution in [3.63, 3.8) is 0 Å². The van der Waals surface area contributed by atoms with Gasteiger partial charge in [-0.2, -0.15) is 5.26 Å². The second-order valence-electron chi connectivity index (χ2n) is 11.4. The second-order valence-corrected chi connectivity index (χ2v) is 14.7. The highest BCUT2D eigenvalue weighted by molar-refractivity contribution is 8.13. The van der Waals surface area contributed by atoms with Crippen molar-refractivity contribution < 1.29 is 33.5 Å². The molecule has 2 aromatic rings. The molecule has 0 bridgehead atoms. The van der Waals surface area contributed by atoms with Gasteiger partial charge in [-0.1, -0.05) is 66.1 Å². The zero-order valence-electron chi connectivity index (χ0n) is 29.3. The van der Waals surface area contributed by atoms with Crippen molar-refractivity contribution in [3.8, 4) is 17.6 Å². The van der Waals surface area contributed by atoms with E-state index < -0.39 is 18.3 Å². The van der Waals surface area contributed by atoms with E-state index in [1.54, 1.807) is 32.0 Å². The predicted octanol–water partition coefficient (Wildman–Crippen LogP) is 8.90. The fraction of sp³-hybridized carbons (Fsp3) is 0.412. The Morgan fingerprint density at radius 2 is 1.41 bits per heavy atom. The van der Waals surface area contributed by atoms with E-state index in [2.05, 4.69) is 46.0 Å². The molecule has 2 aromatic carbocycles. The van der Waals surface area contributed by atoms with E-state index in [0.717, 1.165) is 20.7 Å². The van der Waals surface area contributed by atoms with Crippen LogP contribution in [0, 0.1) is 28.6 Å². The van der Waals surface area contributed by atoms with Gasteiger partial charge < -0.3 is 9.47 Å². The smallest absolute Gasteiger partial charge is 0.447 e. The average Bonchev–Trinajstić information content (AvgIpc) is 3.62. The number of amides is 2. The number of thioether (sulfide) groups is 2. The minimum absolute atomic E-state index is 0.146. The van der Waals surface area contributed by atoms with Crippen LogP contribution in [0.15, 0.2) is 76.6 Å². The van der Waals surface area contributed by atoms with Gasteiger partial charge in [0.25, 0.3) is 0 Å². The minimum atomic E-state index is -0.962. The normalized spacial score (nSPS) is 16.8. The van der Waals surface area contributed by atoms with Crippen LogP contribution >= 0.6 is 35.7 Å². The third kappa shape index (κ3) is 13.4. The molecule has 12 nitrogen and oxygen atoms in total. The molecule has 1 saturated carbocycles. The minimum Gasteiger partial charge on any atom is -0.457 e. The molecule has 0 saturated heterocycles. The lowest BCUT2D eigenvalue weighted by Gasteiger charge is -2.19. The van der Waals surface area contributed by atoms with E-state index in [0.29, 0.717) is 27.1 Å². The van der Waals surface area contributed by atoms with Crippen molar-refractivity contribution in [2.45, 2.75) is 47.6 Å². The van der Waals surface area contributed by atoms with E-state index in [1.165, 1.54) is 43.2 Å². The topological polar surface area (TPSA) is 143 Å². The number of hydrogen-bond acceptors (Lipinski definition) is 13. The third-order valence-corrected chi connectivity index (χ3v) is 9.14. The summed E-state index contributed by atoms with van der Waals surface area (Å²) in [6.45, 7) is 11.6. The van der Waals surface area contributed by atoms with E-state index in [-0.39, 0.29) is 23.2 Å². The van der Waals surface area contributed by atoms with Gasteiger partial charge in [0.2, 0.25) is 6.10 Å². The predicted molar refractivity (Wildman–Crippen MR) is 197 cm³/mol. The molecule has 15 heteroatoms. The second kappa shape index (κ2) is 19.8. The summed E-state index contributed by atoms with van der Waals surface area (Å²) in [5.74, 6) is 0.899. The SMILES string of the molecule is CC(C)=CC1C(C(=O)OC(C#N)c2cccc(Oc3ccccc3)c2)C1(C)C.CS/C(C)=N\OC(=O)N(C)SN(C)C(=O)O/N=C(/C)SC. The van der Waals surface area contributed by atoms with Crippen LogP contribution in [0.3, 0.4) is 0 Å². The number of benzene rings is 2. The number of carbonyl (C=O) groups is 3. The Morgan fingerprint density at radius 3 is 1.90 bits per heavy atom. The standard InChI is InChI=1S/C24H25NO3.C10H18N4O4S3/c1-16(2)13-20-22(24(20,3)4)23(26)28-21(15-25)17-9-8-12-19(14-17)27-18-10-6-5-7-11-18;1-7(19-5)11-17-9(15)13(3)21-14(4)10(16)18-12-8(2)20-6/h5-14,20-22H,1-4H3;1-6H3/b;11-7-,12-8-. The molecule has 264 valence electrons. The van der Waals surface area contributed by atoms with E-state index in [1.807, 2.05) is 62.8 Å². The lowest BCUT2D eigenvalue weighted by molar-refractivity contribution is -0.149. The van der Waals surface area contributed by atoms with Crippen LogP contribution in [0.1, 0.15) is 53.2 Å². The largest absolute Gasteiger partial charge is 0.457 e. The molecule has 2 amide bonds. The number of nitriles is 1. The molecule has 3 unspecified atom stereocenters. The van der Waals surface area contributed by atoms with Crippen molar-refractivity contribution >= 4 is 63.9 Å². The molecule has 0 heterocycles. The number of allylic oxidation sites excluding steroid dienone is 2. The molecule has 1 fully saturated rings. The highest BCUT2D eigenvalue weighted by Crippen LogP contribution is 2.60. The first-order valence-corrected chi connectivity index (χ1v) is 18.1. The van der Waals surface area contributed by atoms with Crippen molar-refractivity contribution in [1.29, 1.82) is 5.26 Å². The Balaban J connectivity index is 0.000000357. The highest BCUT2D eigenvalue weighted by atomic mass is 32.2. The van der Waals surface area contributed by atoms with Crippen LogP contribution in [0.25, 0.3) is 0 Å². The van der Waals surface area contributed by atoms with Gasteiger partial charge in [-0.15, -0.1) is 23.5 Å². The van der Waals surface area contributed by atoms with Crippen LogP contribution in [0.2, 0.25) is 0 Å². The van der Waals surface area contributed by atoms with Crippen molar-refractivity contribution in [2.75, 3.05) is 26.6 Å². The molecular weight excluding hydrogens is 687 g/mol. The fourth-order valence-electron chi connectivity index (χ4n) is 4.17. The van der Waals surface area contributed by atoms with Crippen LogP contribution in [-0.2, 0) is 19.2 Å². The summed E-state index contributed by atoms with van der Waals surface area (Å²) in [6.07, 6.45) is 3.35. The first-order chi connectivity index (χ1) is 23.1. The number of oxime groups is 2. The molecule has 0 spiro atoms. The van der Waals surface area contributed by atoms with Gasteiger partial charge in [0.1, 0.15) is 27.7 Å². The Bertz CT molecular complexity index is 1540. The molecule has 49 heavy (non-hydrogen) atoms. The molecule has 0 radical (unpaired) electrons. The van der Waals surface area contributed by atoms with Crippen LogP contribution in [-0.4, -0.2) is 63.5 Å². The molecule has 3 atom stereocenters. The number of esters is 1. The summed E-state index contributed by atoms with van der Waals surface area (Å²) in [6, 6.07) is 18.6. The van der Waals surface area contributed by atoms with Crippen LogP contribution < -0.4 is 4.74 Å². The van der Waals surface area contributed by atoms with Crippen molar-refractivity contribution in [2.24, 2.45) is 27.6 Å². The van der Waals surface area contributed by atoms with E-state index >= 15 is 0 Å². The summed E-state index contributed by atoms with van der Waals surface area (Å²) in [5.41, 5.74) is 1.63. The van der Waals surface area contributed by atoms with Crippen LogP contribution in [0.4, 0.5) is 9.59 Å². The maximum atomic E-state index is 12.7. The summed E-state index contributed by atoms with van der Waals surface area (Å²) in [5, 5.41) is 18.0. The first kappa shape index (κ1) is 41.0. The number of rotatable bonds is 10. The Morgan fingerprint density at radius 1 is 0.878 bits per heavy atom. The van der Waals surface area contributed by atoms with Crippen molar-refractivity contribution in [3.05, 3.63) is 71.8 Å². The molecular formula is C34H43N5O7S3. The molecule has 1 aliphatic rings. The van der Waals surface area contributed by atoms with Gasteiger partial charge in [0, 0.05) is 19.7 Å². The average molecular weight is 730 g/mol. The lowest BCUT2D eigenvalue weighted by atomic mass is 10.1. The Hall–Kier alpha value is -4.13. The maximum absolute atomic E-state index is 12.7. The van der Waals surface area contributed by atoms with Gasteiger partial charge in [-0.25, -0.2) is 18.2 Å². The fourth-order valence-corrected chi connectivity index (χ4v) is 4.96. The van der Waals surface area contributed by atoms with Gasteiger partial charge in [0.05, 0.1) is 18.1 Å². The molecule has 0 N–H and O–H groups in total. The molecule has 0 aromatic heterocycles.